The molecule has 0 saturated carbocycles. The van der Waals surface area contributed by atoms with Gasteiger partial charge < -0.3 is 24.8 Å². The van der Waals surface area contributed by atoms with E-state index < -0.39 is 24.0 Å². The molecule has 6 heteroatoms. The van der Waals surface area contributed by atoms with Gasteiger partial charge in [-0.05, 0) is 0 Å². The molecule has 0 bridgehead atoms. The number of nitrogens with one attached hydrogen (secondary N) is 1. The van der Waals surface area contributed by atoms with Crippen LogP contribution in [0, 0.1) is 0 Å². The van der Waals surface area contributed by atoms with E-state index in [2.05, 4.69) is 42.9 Å². The predicted molar refractivity (Wildman–Crippen MR) is 73.0 cm³/mol. The minimum Gasteiger partial charge on any atom is -1.00 e. The fourth-order valence-corrected chi connectivity index (χ4v) is 11.4. The Labute approximate surface area is 137 Å². The predicted octanol–water partition coefficient (Wildman–Crippen LogP) is -2.95. The van der Waals surface area contributed by atoms with Crippen LogP contribution in [0.3, 0.4) is 0 Å². The number of hydrogen-bond donors (Lipinski definition) is 1. The Balaban J connectivity index is 0. The molecule has 1 rings (SSSR count). The van der Waals surface area contributed by atoms with Gasteiger partial charge in [0.05, 0.1) is 0 Å². The van der Waals surface area contributed by atoms with Crippen molar-refractivity contribution in [3.05, 3.63) is 21.6 Å². The van der Waals surface area contributed by atoms with E-state index in [4.69, 9.17) is 0 Å². The summed E-state index contributed by atoms with van der Waals surface area (Å²) in [5, 5.41) is 0. The van der Waals surface area contributed by atoms with Crippen LogP contribution in [0.2, 0.25) is 13.1 Å². The first kappa shape index (κ1) is 21.8. The van der Waals surface area contributed by atoms with Crippen LogP contribution in [0.5, 0.6) is 0 Å². The molecule has 0 aromatic carbocycles. The summed E-state index contributed by atoms with van der Waals surface area (Å²) >= 11 is -1.45. The second-order valence-electron chi connectivity index (χ2n) is 5.04. The average Bonchev–Trinajstić information content (AvgIpc) is 2.69. The van der Waals surface area contributed by atoms with Crippen LogP contribution in [0.25, 0.3) is 0 Å². The molecule has 0 unspecified atom stereocenters. The van der Waals surface area contributed by atoms with Crippen LogP contribution in [0.15, 0.2) is 21.6 Å². The van der Waals surface area contributed by atoms with E-state index in [9.17, 15) is 4.79 Å². The van der Waals surface area contributed by atoms with Gasteiger partial charge in [-0.25, -0.2) is 0 Å². The summed E-state index contributed by atoms with van der Waals surface area (Å²) in [6, 6.07) is 0. The average molecular weight is 357 g/mol. The number of carbonyl (C=O) groups excluding carboxylic acids is 1. The first-order valence-electron chi connectivity index (χ1n) is 6.59. The van der Waals surface area contributed by atoms with Gasteiger partial charge in [-0.2, -0.15) is 0 Å². The zero-order valence-corrected chi connectivity index (χ0v) is 16.5. The molecule has 0 aliphatic heterocycles. The number of hydrogen-bond acceptors (Lipinski definition) is 1. The Hall–Kier alpha value is 0.461. The van der Waals surface area contributed by atoms with Crippen molar-refractivity contribution in [1.82, 2.24) is 3.80 Å². The molecule has 0 spiro atoms. The molecule has 2 nitrogen and oxygen atoms in total. The molecule has 1 N–H and O–H groups in total. The molecule has 0 atom stereocenters. The number of rotatable bonds is 6. The van der Waals surface area contributed by atoms with Crippen LogP contribution < -0.4 is 28.6 Å². The van der Waals surface area contributed by atoms with E-state index in [-0.39, 0.29) is 24.8 Å². The quantitative estimate of drug-likeness (QED) is 0.507. The van der Waals surface area contributed by atoms with Gasteiger partial charge in [-0.15, -0.1) is 0 Å². The minimum atomic E-state index is -1.45. The topological polar surface area (TPSA) is 29.1 Å². The van der Waals surface area contributed by atoms with Gasteiger partial charge in [0.15, 0.2) is 0 Å². The Bertz CT molecular complexity index is 346. The molecule has 0 heterocycles. The maximum absolute atomic E-state index is 11.9. The number of amides is 1. The first-order chi connectivity index (χ1) is 8.04. The molecule has 0 fully saturated rings. The smallest absolute Gasteiger partial charge is 1.00 e. The summed E-state index contributed by atoms with van der Waals surface area (Å²) in [6.07, 6.45) is 8.55. The fraction of sp³-hybridized carbons (Fsp3) is 0.615. The zero-order valence-electron chi connectivity index (χ0n) is 12.2. The third-order valence-corrected chi connectivity index (χ3v) is 14.2. The second kappa shape index (κ2) is 11.2. The molecule has 1 aliphatic carbocycles. The van der Waals surface area contributed by atoms with Crippen molar-refractivity contribution in [1.29, 1.82) is 0 Å². The number of carbonyl (C=O) groups is 1. The first-order valence-corrected chi connectivity index (χ1v) is 13.7. The Kier molecular flexibility index (Phi) is 12.8. The van der Waals surface area contributed by atoms with Crippen LogP contribution in [0.4, 0.5) is 0 Å². The summed E-state index contributed by atoms with van der Waals surface area (Å²) in [5.74, 6) is 0.300. The van der Waals surface area contributed by atoms with Gasteiger partial charge >= 0.3 is 113 Å². The van der Waals surface area contributed by atoms with E-state index in [0.717, 1.165) is 19.3 Å². The summed E-state index contributed by atoms with van der Waals surface area (Å²) in [6.45, 7) is 8.32. The van der Waals surface area contributed by atoms with Crippen LogP contribution in [-0.4, -0.2) is 12.6 Å². The summed E-state index contributed by atoms with van der Waals surface area (Å²) in [7, 11) is 0. The van der Waals surface area contributed by atoms with Crippen LogP contribution in [-0.2, 0) is 22.2 Å². The van der Waals surface area contributed by atoms with Crippen molar-refractivity contribution in [3.63, 3.8) is 0 Å². The van der Waals surface area contributed by atoms with Gasteiger partial charge in [0.25, 0.3) is 0 Å². The molecule has 0 aromatic heterocycles. The molecule has 1 amide bonds. The number of unbranched alkanes of at least 4 members (excludes halogenated alkanes) is 1. The third-order valence-electron chi connectivity index (χ3n) is 3.00. The van der Waals surface area contributed by atoms with Gasteiger partial charge in [-0.3, -0.25) is 0 Å². The summed E-state index contributed by atoms with van der Waals surface area (Å²) < 4.78 is 4.98. The van der Waals surface area contributed by atoms with E-state index in [0.29, 0.717) is 12.3 Å². The molecule has 0 aromatic rings. The SMILES string of the molecule is CCCCC(=O)[NH][Ti+2]([C]1=CC(C)=CC1)[SiH](C)C.[Cl-].[Cl-]. The monoisotopic (exact) mass is 356 g/mol. The summed E-state index contributed by atoms with van der Waals surface area (Å²) in [5.41, 5.74) is 1.38. The van der Waals surface area contributed by atoms with Crippen LogP contribution >= 0.6 is 0 Å². The van der Waals surface area contributed by atoms with Crippen LogP contribution in [0.1, 0.15) is 39.5 Å². The van der Waals surface area contributed by atoms with Crippen molar-refractivity contribution in [2.45, 2.75) is 52.6 Å². The number of allylic oxidation sites excluding steroid dienone is 4. The van der Waals surface area contributed by atoms with Crippen molar-refractivity contribution < 1.29 is 47.0 Å². The molecular formula is C13H24Cl2NOSiTi. The Morgan fingerprint density at radius 2 is 2.05 bits per heavy atom. The Morgan fingerprint density at radius 3 is 2.47 bits per heavy atom. The van der Waals surface area contributed by atoms with E-state index >= 15 is 0 Å². The van der Waals surface area contributed by atoms with E-state index in [1.807, 2.05) is 0 Å². The van der Waals surface area contributed by atoms with Gasteiger partial charge in [0, 0.05) is 0 Å². The zero-order chi connectivity index (χ0) is 12.8. The van der Waals surface area contributed by atoms with Gasteiger partial charge in [0.1, 0.15) is 0 Å². The summed E-state index contributed by atoms with van der Waals surface area (Å²) in [4.78, 5) is 11.9. The van der Waals surface area contributed by atoms with Gasteiger partial charge in [0.2, 0.25) is 0 Å². The van der Waals surface area contributed by atoms with E-state index in [1.54, 1.807) is 3.88 Å². The van der Waals surface area contributed by atoms with Crippen molar-refractivity contribution in [2.24, 2.45) is 0 Å². The minimum absolute atomic E-state index is 0. The van der Waals surface area contributed by atoms with Crippen molar-refractivity contribution in [2.75, 3.05) is 0 Å². The fourth-order valence-electron chi connectivity index (χ4n) is 2.00. The van der Waals surface area contributed by atoms with E-state index in [1.165, 1.54) is 5.57 Å². The second-order valence-corrected chi connectivity index (χ2v) is 17.8. The van der Waals surface area contributed by atoms with Crippen molar-refractivity contribution >= 4 is 12.6 Å². The molecule has 0 saturated heterocycles. The standard InChI is InChI=1S/C6H7.C5H11NO.C2H7Si.2ClH.Ti/c1-6-4-2-3-5-6;1-2-3-4-5(6)7;1-3-2;;;/h4-5H,2H2,1H3;2-4H2,1H3,(H2,6,7);3H,1-2H3;2*1H;/q;;;;;+3/p-3. The number of halogens is 2. The molecular weight excluding hydrogens is 333 g/mol. The third kappa shape index (κ3) is 7.72. The molecule has 109 valence electrons. The molecule has 1 aliphatic rings. The normalized spacial score (nSPS) is 13.1. The maximum Gasteiger partial charge on any atom is -1.00 e. The molecule has 19 heavy (non-hydrogen) atoms. The van der Waals surface area contributed by atoms with Gasteiger partial charge in [-0.1, -0.05) is 0 Å². The largest absolute Gasteiger partial charge is 1.00 e. The molecule has 0 radical (unpaired) electrons. The Morgan fingerprint density at radius 1 is 1.42 bits per heavy atom. The van der Waals surface area contributed by atoms with Crippen molar-refractivity contribution in [3.8, 4) is 0 Å². The maximum atomic E-state index is 11.9.